The fourth-order valence-corrected chi connectivity index (χ4v) is 5.09. The van der Waals surface area contributed by atoms with E-state index in [9.17, 15) is 19.7 Å². The van der Waals surface area contributed by atoms with Gasteiger partial charge in [-0.2, -0.15) is 0 Å². The van der Waals surface area contributed by atoms with Crippen molar-refractivity contribution in [3.05, 3.63) is 111 Å². The number of ketones is 2. The Labute approximate surface area is 219 Å². The van der Waals surface area contributed by atoms with Crippen LogP contribution in [0.5, 0.6) is 11.5 Å². The van der Waals surface area contributed by atoms with Gasteiger partial charge >= 0.3 is 0 Å². The van der Waals surface area contributed by atoms with E-state index in [1.807, 2.05) is 0 Å². The first-order valence-corrected chi connectivity index (χ1v) is 12.1. The first-order chi connectivity index (χ1) is 17.8. The lowest BCUT2D eigenvalue weighted by Crippen LogP contribution is -2.48. The van der Waals surface area contributed by atoms with Crippen molar-refractivity contribution in [2.45, 2.75) is 24.3 Å². The van der Waals surface area contributed by atoms with Crippen molar-refractivity contribution in [1.82, 2.24) is 0 Å². The summed E-state index contributed by atoms with van der Waals surface area (Å²) in [6.45, 7) is 0. The van der Waals surface area contributed by atoms with Crippen LogP contribution in [0.3, 0.4) is 0 Å². The third-order valence-corrected chi connectivity index (χ3v) is 7.06. The van der Waals surface area contributed by atoms with Crippen LogP contribution in [0.2, 0.25) is 5.02 Å². The Kier molecular flexibility index (Phi) is 8.04. The minimum absolute atomic E-state index is 0.116. The van der Waals surface area contributed by atoms with Crippen molar-refractivity contribution in [2.24, 2.45) is 5.92 Å². The van der Waals surface area contributed by atoms with E-state index >= 15 is 0 Å². The molecule has 37 heavy (non-hydrogen) atoms. The molecule has 7 nitrogen and oxygen atoms in total. The van der Waals surface area contributed by atoms with Crippen LogP contribution in [-0.2, 0) is 9.59 Å². The summed E-state index contributed by atoms with van der Waals surface area (Å²) in [5, 5.41) is 13.0. The largest absolute Gasteiger partial charge is 0.497 e. The first kappa shape index (κ1) is 26.1. The van der Waals surface area contributed by atoms with Crippen molar-refractivity contribution in [3.8, 4) is 11.5 Å². The molecule has 0 radical (unpaired) electrons. The van der Waals surface area contributed by atoms with E-state index in [4.69, 9.17) is 21.1 Å². The van der Waals surface area contributed by atoms with Crippen LogP contribution in [-0.4, -0.2) is 36.8 Å². The number of allylic oxidation sites excluding steroid dienone is 1. The van der Waals surface area contributed by atoms with Gasteiger partial charge < -0.3 is 9.47 Å². The van der Waals surface area contributed by atoms with E-state index in [0.717, 1.165) is 5.56 Å². The summed E-state index contributed by atoms with van der Waals surface area (Å²) in [7, 11) is 3.09. The van der Waals surface area contributed by atoms with Crippen LogP contribution in [0.1, 0.15) is 34.9 Å². The van der Waals surface area contributed by atoms with Crippen LogP contribution in [0, 0.1) is 16.0 Å². The van der Waals surface area contributed by atoms with Gasteiger partial charge in [-0.25, -0.2) is 0 Å². The highest BCUT2D eigenvalue weighted by molar-refractivity contribution is 6.30. The predicted molar refractivity (Wildman–Crippen MR) is 141 cm³/mol. The average molecular weight is 520 g/mol. The molecule has 3 aromatic rings. The number of hydrogen-bond donors (Lipinski definition) is 0. The molecule has 1 unspecified atom stereocenters. The Bertz CT molecular complexity index is 1300. The lowest BCUT2D eigenvalue weighted by atomic mass is 9.64. The van der Waals surface area contributed by atoms with Gasteiger partial charge in [0.1, 0.15) is 17.3 Å². The summed E-state index contributed by atoms with van der Waals surface area (Å²) in [5.41, 5.74) is 1.91. The van der Waals surface area contributed by atoms with Gasteiger partial charge in [0.2, 0.25) is 6.04 Å². The van der Waals surface area contributed by atoms with Crippen molar-refractivity contribution in [1.29, 1.82) is 0 Å². The monoisotopic (exact) mass is 519 g/mol. The third-order valence-electron chi connectivity index (χ3n) is 6.81. The molecule has 0 amide bonds. The molecule has 0 N–H and O–H groups in total. The Morgan fingerprint density at radius 1 is 0.919 bits per heavy atom. The van der Waals surface area contributed by atoms with Gasteiger partial charge in [0.05, 0.1) is 32.0 Å². The van der Waals surface area contributed by atoms with E-state index < -0.39 is 29.6 Å². The molecular weight excluding hydrogens is 494 g/mol. The van der Waals surface area contributed by atoms with Gasteiger partial charge in [0.15, 0.2) is 5.78 Å². The van der Waals surface area contributed by atoms with Crippen molar-refractivity contribution < 1.29 is 24.0 Å². The van der Waals surface area contributed by atoms with Gasteiger partial charge in [-0.15, -0.1) is 0 Å². The zero-order valence-corrected chi connectivity index (χ0v) is 21.1. The maximum atomic E-state index is 13.5. The maximum Gasteiger partial charge on any atom is 0.228 e. The summed E-state index contributed by atoms with van der Waals surface area (Å²) in [6, 6.07) is 19.3. The normalized spacial score (nSPS) is 21.5. The predicted octanol–water partition coefficient (Wildman–Crippen LogP) is 5.74. The third kappa shape index (κ3) is 5.73. The second kappa shape index (κ2) is 11.4. The number of halogens is 1. The summed E-state index contributed by atoms with van der Waals surface area (Å²) >= 11 is 6.07. The smallest absolute Gasteiger partial charge is 0.228 e. The zero-order chi connectivity index (χ0) is 26.5. The molecule has 0 bridgehead atoms. The van der Waals surface area contributed by atoms with Crippen LogP contribution in [0.15, 0.2) is 78.9 Å². The second-order valence-electron chi connectivity index (χ2n) is 8.89. The minimum Gasteiger partial charge on any atom is -0.497 e. The van der Waals surface area contributed by atoms with Crippen molar-refractivity contribution in [3.63, 3.8) is 0 Å². The Morgan fingerprint density at radius 2 is 1.46 bits per heavy atom. The van der Waals surface area contributed by atoms with E-state index in [1.165, 1.54) is 13.2 Å². The number of carbonyl (C=O) groups excluding carboxylic acids is 2. The van der Waals surface area contributed by atoms with Gasteiger partial charge in [0.25, 0.3) is 0 Å². The fourth-order valence-electron chi connectivity index (χ4n) is 4.96. The minimum atomic E-state index is -1.20. The summed E-state index contributed by atoms with van der Waals surface area (Å²) in [5.74, 6) is -2.39. The molecule has 0 aromatic heterocycles. The molecule has 1 fully saturated rings. The molecule has 3 aromatic carbocycles. The number of hydrogen-bond acceptors (Lipinski definition) is 6. The molecule has 1 aliphatic rings. The fraction of sp³-hybridized carbons (Fsp3) is 0.241. The van der Waals surface area contributed by atoms with Crippen molar-refractivity contribution in [2.75, 3.05) is 14.2 Å². The second-order valence-corrected chi connectivity index (χ2v) is 9.33. The number of ether oxygens (including phenoxy) is 2. The number of Topliss-reactive ketones (excluding diaryl/α,β-unsaturated/α-hetero) is 1. The highest BCUT2D eigenvalue weighted by Crippen LogP contribution is 2.45. The van der Waals surface area contributed by atoms with Gasteiger partial charge in [0, 0.05) is 16.4 Å². The Hall–Kier alpha value is -3.97. The standard InChI is InChI=1S/C29H26ClNO6/c1-36-22-12-3-18(4-13-22)5-16-25(32)28-26(33)17-24(19-8-14-23(37-2)15-9-19)29(31(34)35)27(28)20-6-10-21(30)11-7-20/h3-16,24,27-29H,17H2,1-2H3/b16-5+/t24-,27+,28?,29+/m1/s1. The SMILES string of the molecule is COc1ccc(/C=C/C(=O)C2C(=O)C[C@H](c3ccc(OC)cc3)[C@H]([N+](=O)[O-])[C@H]2c2ccc(Cl)cc2)cc1. The van der Waals surface area contributed by atoms with E-state index in [-0.39, 0.29) is 17.1 Å². The molecule has 0 saturated heterocycles. The number of rotatable bonds is 8. The van der Waals surface area contributed by atoms with Crippen molar-refractivity contribution >= 4 is 29.2 Å². The molecule has 4 atom stereocenters. The highest BCUT2D eigenvalue weighted by atomic mass is 35.5. The number of carbonyl (C=O) groups is 2. The first-order valence-electron chi connectivity index (χ1n) is 11.7. The number of methoxy groups -OCH3 is 2. The van der Waals surface area contributed by atoms with Crippen LogP contribution in [0.25, 0.3) is 6.08 Å². The summed E-state index contributed by atoms with van der Waals surface area (Å²) in [4.78, 5) is 39.1. The van der Waals surface area contributed by atoms with Crippen LogP contribution >= 0.6 is 11.6 Å². The van der Waals surface area contributed by atoms with Gasteiger partial charge in [-0.05, 0) is 59.2 Å². The quantitative estimate of drug-likeness (QED) is 0.163. The molecule has 8 heteroatoms. The van der Waals surface area contributed by atoms with Crippen LogP contribution < -0.4 is 9.47 Å². The maximum absolute atomic E-state index is 13.5. The lowest BCUT2D eigenvalue weighted by molar-refractivity contribution is -0.533. The zero-order valence-electron chi connectivity index (χ0n) is 20.4. The van der Waals surface area contributed by atoms with E-state index in [0.29, 0.717) is 27.6 Å². The molecule has 190 valence electrons. The summed E-state index contributed by atoms with van der Waals surface area (Å²) < 4.78 is 10.4. The molecular formula is C29H26ClNO6. The molecule has 4 rings (SSSR count). The number of benzene rings is 3. The number of nitro groups is 1. The Balaban J connectivity index is 1.74. The highest BCUT2D eigenvalue weighted by Gasteiger charge is 2.53. The van der Waals surface area contributed by atoms with Gasteiger partial charge in [-0.1, -0.05) is 54.1 Å². The molecule has 0 heterocycles. The Morgan fingerprint density at radius 3 is 2.00 bits per heavy atom. The molecule has 0 spiro atoms. The topological polar surface area (TPSA) is 95.7 Å². The molecule has 0 aliphatic heterocycles. The summed E-state index contributed by atoms with van der Waals surface area (Å²) in [6.07, 6.45) is 2.82. The van der Waals surface area contributed by atoms with Gasteiger partial charge in [-0.3, -0.25) is 19.7 Å². The molecule has 1 aliphatic carbocycles. The van der Waals surface area contributed by atoms with E-state index in [2.05, 4.69) is 0 Å². The van der Waals surface area contributed by atoms with Crippen LogP contribution in [0.4, 0.5) is 0 Å². The lowest BCUT2D eigenvalue weighted by Gasteiger charge is -2.36. The molecule has 1 saturated carbocycles. The average Bonchev–Trinajstić information content (AvgIpc) is 2.91. The number of nitrogens with zero attached hydrogens (tertiary/aromatic N) is 1. The van der Waals surface area contributed by atoms with E-state index in [1.54, 1.807) is 86.0 Å².